The van der Waals surface area contributed by atoms with Crippen LogP contribution in [0.2, 0.25) is 4.34 Å². The lowest BCUT2D eigenvalue weighted by atomic mass is 10.2. The molecule has 2 N–H and O–H groups in total. The smallest absolute Gasteiger partial charge is 0.147 e. The Morgan fingerprint density at radius 1 is 1.53 bits per heavy atom. The van der Waals surface area contributed by atoms with Gasteiger partial charge in [0.1, 0.15) is 16.5 Å². The summed E-state index contributed by atoms with van der Waals surface area (Å²) in [5.74, 6) is 0.992. The number of nitrogens with zero attached hydrogens (tertiary/aromatic N) is 4. The molecule has 2 aromatic heterocycles. The fourth-order valence-corrected chi connectivity index (χ4v) is 4.21. The summed E-state index contributed by atoms with van der Waals surface area (Å²) in [7, 11) is 0. The SMILES string of the molecule is NCC(c1cc(Br)c(Cl)s1)N1CCn2cnnc2C1. The summed E-state index contributed by atoms with van der Waals surface area (Å²) in [4.78, 5) is 3.52. The minimum atomic E-state index is 0.180. The van der Waals surface area contributed by atoms with Gasteiger partial charge >= 0.3 is 0 Å². The average Bonchev–Trinajstić information content (AvgIpc) is 2.98. The second-order valence-corrected chi connectivity index (χ2v) is 6.97. The third-order valence-corrected chi connectivity index (χ3v) is 5.90. The monoisotopic (exact) mass is 361 g/mol. The molecule has 0 aliphatic carbocycles. The Hall–Kier alpha value is -0.470. The molecule has 0 amide bonds. The average molecular weight is 363 g/mol. The van der Waals surface area contributed by atoms with E-state index in [9.17, 15) is 0 Å². The Labute approximate surface area is 128 Å². The van der Waals surface area contributed by atoms with E-state index in [0.29, 0.717) is 6.54 Å². The van der Waals surface area contributed by atoms with Crippen LogP contribution in [0.3, 0.4) is 0 Å². The summed E-state index contributed by atoms with van der Waals surface area (Å²) in [6.07, 6.45) is 1.78. The molecule has 0 aromatic carbocycles. The summed E-state index contributed by atoms with van der Waals surface area (Å²) in [5.41, 5.74) is 5.95. The number of rotatable bonds is 3. The Balaban J connectivity index is 1.84. The topological polar surface area (TPSA) is 60.0 Å². The fourth-order valence-electron chi connectivity index (χ4n) is 2.32. The van der Waals surface area contributed by atoms with Crippen molar-refractivity contribution in [1.82, 2.24) is 19.7 Å². The predicted octanol–water partition coefficient (Wildman–Crippen LogP) is 2.27. The summed E-state index contributed by atoms with van der Waals surface area (Å²) in [5, 5.41) is 8.08. The molecule has 3 heterocycles. The van der Waals surface area contributed by atoms with Crippen molar-refractivity contribution in [2.45, 2.75) is 19.1 Å². The first-order valence-electron chi connectivity index (χ1n) is 5.94. The van der Waals surface area contributed by atoms with Crippen LogP contribution in [0.5, 0.6) is 0 Å². The fraction of sp³-hybridized carbons (Fsp3) is 0.455. The largest absolute Gasteiger partial charge is 0.329 e. The van der Waals surface area contributed by atoms with Gasteiger partial charge in [0.15, 0.2) is 0 Å². The number of halogens is 2. The highest BCUT2D eigenvalue weighted by Gasteiger charge is 2.26. The number of hydrogen-bond donors (Lipinski definition) is 1. The van der Waals surface area contributed by atoms with Crippen molar-refractivity contribution in [3.05, 3.63) is 31.9 Å². The van der Waals surface area contributed by atoms with E-state index >= 15 is 0 Å². The van der Waals surface area contributed by atoms with Crippen LogP contribution < -0.4 is 5.73 Å². The Bertz CT molecular complexity index is 564. The highest BCUT2D eigenvalue weighted by molar-refractivity contribution is 9.10. The second kappa shape index (κ2) is 5.49. The van der Waals surface area contributed by atoms with E-state index < -0.39 is 0 Å². The summed E-state index contributed by atoms with van der Waals surface area (Å²) in [6, 6.07) is 2.24. The van der Waals surface area contributed by atoms with E-state index in [1.54, 1.807) is 17.7 Å². The molecule has 1 aliphatic rings. The minimum absolute atomic E-state index is 0.180. The molecule has 2 aromatic rings. The molecule has 0 saturated carbocycles. The number of hydrogen-bond acceptors (Lipinski definition) is 5. The highest BCUT2D eigenvalue weighted by atomic mass is 79.9. The maximum absolute atomic E-state index is 6.12. The van der Waals surface area contributed by atoms with Crippen LogP contribution in [0.1, 0.15) is 16.7 Å². The molecule has 102 valence electrons. The third kappa shape index (κ3) is 2.57. The van der Waals surface area contributed by atoms with Crippen LogP contribution in [0.15, 0.2) is 16.9 Å². The van der Waals surface area contributed by atoms with Crippen molar-refractivity contribution in [2.24, 2.45) is 5.73 Å². The quantitative estimate of drug-likeness (QED) is 0.910. The van der Waals surface area contributed by atoms with E-state index in [-0.39, 0.29) is 6.04 Å². The van der Waals surface area contributed by atoms with Crippen LogP contribution in [0.25, 0.3) is 0 Å². The van der Waals surface area contributed by atoms with E-state index in [0.717, 1.165) is 34.3 Å². The molecule has 19 heavy (non-hydrogen) atoms. The minimum Gasteiger partial charge on any atom is -0.329 e. The van der Waals surface area contributed by atoms with E-state index in [1.165, 1.54) is 4.88 Å². The van der Waals surface area contributed by atoms with Gasteiger partial charge in [-0.3, -0.25) is 4.90 Å². The maximum Gasteiger partial charge on any atom is 0.147 e. The summed E-state index contributed by atoms with van der Waals surface area (Å²) < 4.78 is 3.79. The molecule has 8 heteroatoms. The van der Waals surface area contributed by atoms with Crippen LogP contribution in [0.4, 0.5) is 0 Å². The van der Waals surface area contributed by atoms with Gasteiger partial charge in [-0.05, 0) is 22.0 Å². The standard InChI is InChI=1S/C11H13BrClN5S/c12-7-3-9(19-11(7)13)8(4-14)17-1-2-18-6-15-16-10(18)5-17/h3,6,8H,1-2,4-5,14H2. The van der Waals surface area contributed by atoms with Gasteiger partial charge in [0.2, 0.25) is 0 Å². The van der Waals surface area contributed by atoms with E-state index in [4.69, 9.17) is 17.3 Å². The van der Waals surface area contributed by atoms with Crippen LogP contribution in [0, 0.1) is 0 Å². The molecule has 0 spiro atoms. The van der Waals surface area contributed by atoms with Gasteiger partial charge in [0.25, 0.3) is 0 Å². The summed E-state index contributed by atoms with van der Waals surface area (Å²) >= 11 is 11.1. The van der Waals surface area contributed by atoms with Crippen molar-refractivity contribution in [3.63, 3.8) is 0 Å². The maximum atomic E-state index is 6.12. The first-order chi connectivity index (χ1) is 9.19. The Morgan fingerprint density at radius 3 is 3.05 bits per heavy atom. The first kappa shape index (κ1) is 13.5. The van der Waals surface area contributed by atoms with Gasteiger partial charge in [-0.1, -0.05) is 11.6 Å². The second-order valence-electron chi connectivity index (χ2n) is 4.43. The van der Waals surface area contributed by atoms with Gasteiger partial charge in [0.05, 0.1) is 12.6 Å². The van der Waals surface area contributed by atoms with Crippen molar-refractivity contribution in [2.75, 3.05) is 13.1 Å². The highest BCUT2D eigenvalue weighted by Crippen LogP contribution is 2.37. The van der Waals surface area contributed by atoms with Gasteiger partial charge < -0.3 is 10.3 Å². The van der Waals surface area contributed by atoms with Crippen molar-refractivity contribution in [1.29, 1.82) is 0 Å². The van der Waals surface area contributed by atoms with E-state index in [2.05, 4.69) is 41.7 Å². The lowest BCUT2D eigenvalue weighted by Crippen LogP contribution is -2.39. The number of thiophene rings is 1. The molecular formula is C11H13BrClN5S. The molecule has 5 nitrogen and oxygen atoms in total. The van der Waals surface area contributed by atoms with Gasteiger partial charge in [-0.25, -0.2) is 0 Å². The lowest BCUT2D eigenvalue weighted by molar-refractivity contribution is 0.158. The van der Waals surface area contributed by atoms with Crippen molar-refractivity contribution < 1.29 is 0 Å². The van der Waals surface area contributed by atoms with Gasteiger partial charge in [-0.2, -0.15) is 0 Å². The lowest BCUT2D eigenvalue weighted by Gasteiger charge is -2.33. The zero-order valence-electron chi connectivity index (χ0n) is 10.1. The molecule has 3 rings (SSSR count). The molecule has 1 aliphatic heterocycles. The first-order valence-corrected chi connectivity index (χ1v) is 7.93. The van der Waals surface area contributed by atoms with Gasteiger partial charge in [0, 0.05) is 29.0 Å². The zero-order valence-corrected chi connectivity index (χ0v) is 13.2. The third-order valence-electron chi connectivity index (χ3n) is 3.33. The van der Waals surface area contributed by atoms with E-state index in [1.807, 2.05) is 0 Å². The van der Waals surface area contributed by atoms with Crippen molar-refractivity contribution in [3.8, 4) is 0 Å². The van der Waals surface area contributed by atoms with Crippen LogP contribution in [-0.4, -0.2) is 32.8 Å². The van der Waals surface area contributed by atoms with Gasteiger partial charge in [-0.15, -0.1) is 21.5 Å². The molecule has 0 bridgehead atoms. The number of fused-ring (bicyclic) bond motifs is 1. The predicted molar refractivity (Wildman–Crippen MR) is 79.3 cm³/mol. The number of nitrogens with two attached hydrogens (primary N) is 1. The normalized spacial score (nSPS) is 17.4. The van der Waals surface area contributed by atoms with Crippen LogP contribution >= 0.6 is 38.9 Å². The molecule has 0 fully saturated rings. The Kier molecular flexibility index (Phi) is 3.91. The molecular weight excluding hydrogens is 350 g/mol. The zero-order chi connectivity index (χ0) is 13.4. The summed E-state index contributed by atoms with van der Waals surface area (Å²) in [6.45, 7) is 3.19. The number of aromatic nitrogens is 3. The van der Waals surface area contributed by atoms with Crippen molar-refractivity contribution >= 4 is 38.9 Å². The molecule has 1 atom stereocenters. The van der Waals surface area contributed by atoms with Crippen LogP contribution in [-0.2, 0) is 13.1 Å². The molecule has 0 radical (unpaired) electrons. The molecule has 0 saturated heterocycles. The molecule has 1 unspecified atom stereocenters. The Morgan fingerprint density at radius 2 is 2.37 bits per heavy atom.